The van der Waals surface area contributed by atoms with Gasteiger partial charge >= 0.3 is 6.09 Å². The van der Waals surface area contributed by atoms with Crippen LogP contribution in [0, 0.1) is 5.92 Å². The minimum Gasteiger partial charge on any atom is -0.465 e. The number of carbonyl (C=O) groups excluding carboxylic acids is 1. The molecule has 1 N–H and O–H groups in total. The summed E-state index contributed by atoms with van der Waals surface area (Å²) in [5.74, 6) is 0.399. The van der Waals surface area contributed by atoms with Crippen LogP contribution in [0.25, 0.3) is 0 Å². The molecule has 1 aliphatic carbocycles. The Hall–Kier alpha value is -1.78. The zero-order valence-corrected chi connectivity index (χ0v) is 14.2. The van der Waals surface area contributed by atoms with Crippen molar-refractivity contribution < 1.29 is 19.1 Å². The van der Waals surface area contributed by atoms with E-state index in [0.717, 1.165) is 25.7 Å². The third-order valence-corrected chi connectivity index (χ3v) is 4.59. The van der Waals surface area contributed by atoms with E-state index in [2.05, 4.69) is 0 Å². The highest BCUT2D eigenvalue weighted by Crippen LogP contribution is 2.32. The molecule has 0 bridgehead atoms. The van der Waals surface area contributed by atoms with Gasteiger partial charge in [-0.25, -0.2) is 4.79 Å². The maximum atomic E-state index is 12.9. The number of amides is 1. The fourth-order valence-electron chi connectivity index (χ4n) is 3.54. The van der Waals surface area contributed by atoms with Crippen molar-refractivity contribution in [3.63, 3.8) is 0 Å². The molecule has 1 fully saturated rings. The first-order chi connectivity index (χ1) is 10.8. The summed E-state index contributed by atoms with van der Waals surface area (Å²) >= 11 is 0. The molecule has 0 aliphatic heterocycles. The molecule has 1 heterocycles. The number of ketones is 1. The lowest BCUT2D eigenvalue weighted by Crippen LogP contribution is -2.54. The highest BCUT2D eigenvalue weighted by Gasteiger charge is 2.39. The molecule has 0 spiro atoms. The van der Waals surface area contributed by atoms with Crippen LogP contribution in [0.15, 0.2) is 22.8 Å². The van der Waals surface area contributed by atoms with Crippen LogP contribution in [0.2, 0.25) is 0 Å². The maximum absolute atomic E-state index is 12.9. The molecule has 2 rings (SSSR count). The number of nitrogens with zero attached hydrogens (tertiary/aromatic N) is 1. The summed E-state index contributed by atoms with van der Waals surface area (Å²) in [6.07, 6.45) is 6.66. The van der Waals surface area contributed by atoms with Crippen molar-refractivity contribution in [3.8, 4) is 0 Å². The van der Waals surface area contributed by atoms with Crippen molar-refractivity contribution in [3.05, 3.63) is 24.2 Å². The van der Waals surface area contributed by atoms with Gasteiger partial charge in [-0.15, -0.1) is 0 Å². The summed E-state index contributed by atoms with van der Waals surface area (Å²) in [7, 11) is 0. The predicted octanol–water partition coefficient (Wildman–Crippen LogP) is 4.58. The van der Waals surface area contributed by atoms with E-state index in [4.69, 9.17) is 4.42 Å². The number of Topliss-reactive ketones (excluding diaryl/α,β-unsaturated/α-hetero) is 1. The molecule has 1 aliphatic rings. The molecule has 1 amide bonds. The highest BCUT2D eigenvalue weighted by molar-refractivity contribution is 5.99. The Bertz CT molecular complexity index is 524. The lowest BCUT2D eigenvalue weighted by atomic mass is 9.82. The second-order valence-electron chi connectivity index (χ2n) is 7.42. The Labute approximate surface area is 137 Å². The molecule has 1 atom stereocenters. The second-order valence-corrected chi connectivity index (χ2v) is 7.42. The van der Waals surface area contributed by atoms with E-state index in [1.54, 1.807) is 12.1 Å². The summed E-state index contributed by atoms with van der Waals surface area (Å²) in [4.78, 5) is 26.0. The molecular formula is C18H27NO4. The van der Waals surface area contributed by atoms with Crippen molar-refractivity contribution >= 4 is 11.9 Å². The SMILES string of the molecule is CC(C)(C)N(C(=O)O)C(CC1CCCCC1)C(=O)c1ccco1. The van der Waals surface area contributed by atoms with E-state index in [0.29, 0.717) is 12.3 Å². The van der Waals surface area contributed by atoms with Crippen LogP contribution in [0.1, 0.15) is 69.9 Å². The minimum absolute atomic E-state index is 0.237. The van der Waals surface area contributed by atoms with Gasteiger partial charge in [-0.3, -0.25) is 9.69 Å². The number of carboxylic acid groups (broad SMARTS) is 1. The second kappa shape index (κ2) is 7.20. The maximum Gasteiger partial charge on any atom is 0.408 e. The normalized spacial score (nSPS) is 17.7. The molecule has 5 nitrogen and oxygen atoms in total. The highest BCUT2D eigenvalue weighted by atomic mass is 16.4. The molecule has 23 heavy (non-hydrogen) atoms. The van der Waals surface area contributed by atoms with Crippen LogP contribution in [-0.4, -0.2) is 33.5 Å². The predicted molar refractivity (Wildman–Crippen MR) is 87.6 cm³/mol. The number of furan rings is 1. The zero-order chi connectivity index (χ0) is 17.0. The summed E-state index contributed by atoms with van der Waals surface area (Å²) in [5, 5.41) is 9.70. The van der Waals surface area contributed by atoms with Crippen molar-refractivity contribution in [1.82, 2.24) is 4.90 Å². The van der Waals surface area contributed by atoms with E-state index in [1.807, 2.05) is 20.8 Å². The van der Waals surface area contributed by atoms with E-state index in [9.17, 15) is 14.7 Å². The van der Waals surface area contributed by atoms with Gasteiger partial charge < -0.3 is 9.52 Å². The zero-order valence-electron chi connectivity index (χ0n) is 14.2. The largest absolute Gasteiger partial charge is 0.465 e. The first-order valence-electron chi connectivity index (χ1n) is 8.40. The lowest BCUT2D eigenvalue weighted by molar-refractivity contribution is 0.0458. The molecule has 1 saturated carbocycles. The Morgan fingerprint density at radius 3 is 2.43 bits per heavy atom. The van der Waals surface area contributed by atoms with Gasteiger partial charge in [-0.2, -0.15) is 0 Å². The molecule has 0 aromatic carbocycles. The van der Waals surface area contributed by atoms with Crippen molar-refractivity contribution in [2.75, 3.05) is 0 Å². The van der Waals surface area contributed by atoms with Crippen LogP contribution in [0.5, 0.6) is 0 Å². The van der Waals surface area contributed by atoms with Gasteiger partial charge in [0, 0.05) is 5.54 Å². The van der Waals surface area contributed by atoms with Crippen LogP contribution in [0.4, 0.5) is 4.79 Å². The Morgan fingerprint density at radius 1 is 1.30 bits per heavy atom. The third-order valence-electron chi connectivity index (χ3n) is 4.59. The first kappa shape index (κ1) is 17.6. The van der Waals surface area contributed by atoms with Crippen LogP contribution >= 0.6 is 0 Å². The topological polar surface area (TPSA) is 70.8 Å². The van der Waals surface area contributed by atoms with Gasteiger partial charge in [0.15, 0.2) is 5.76 Å². The first-order valence-corrected chi connectivity index (χ1v) is 8.40. The van der Waals surface area contributed by atoms with Crippen LogP contribution in [-0.2, 0) is 0 Å². The van der Waals surface area contributed by atoms with Gasteiger partial charge in [0.05, 0.1) is 6.26 Å². The minimum atomic E-state index is -1.06. The molecule has 0 saturated heterocycles. The average molecular weight is 321 g/mol. The summed E-state index contributed by atoms with van der Waals surface area (Å²) < 4.78 is 5.24. The smallest absolute Gasteiger partial charge is 0.408 e. The van der Waals surface area contributed by atoms with E-state index < -0.39 is 17.7 Å². The van der Waals surface area contributed by atoms with Crippen LogP contribution in [0.3, 0.4) is 0 Å². The lowest BCUT2D eigenvalue weighted by Gasteiger charge is -2.40. The van der Waals surface area contributed by atoms with E-state index >= 15 is 0 Å². The van der Waals surface area contributed by atoms with Crippen molar-refractivity contribution in [1.29, 1.82) is 0 Å². The fraction of sp³-hybridized carbons (Fsp3) is 0.667. The number of rotatable bonds is 5. The average Bonchev–Trinajstić information content (AvgIpc) is 2.99. The van der Waals surface area contributed by atoms with E-state index in [-0.39, 0.29) is 11.5 Å². The molecule has 1 unspecified atom stereocenters. The Balaban J connectivity index is 2.29. The van der Waals surface area contributed by atoms with Gasteiger partial charge in [-0.05, 0) is 45.2 Å². The van der Waals surface area contributed by atoms with Crippen LogP contribution < -0.4 is 0 Å². The number of hydrogen-bond donors (Lipinski definition) is 1. The summed E-state index contributed by atoms with van der Waals surface area (Å²) in [6, 6.07) is 2.58. The monoisotopic (exact) mass is 321 g/mol. The van der Waals surface area contributed by atoms with Crippen molar-refractivity contribution in [2.24, 2.45) is 5.92 Å². The number of carbonyl (C=O) groups is 2. The summed E-state index contributed by atoms with van der Waals surface area (Å²) in [6.45, 7) is 5.47. The molecule has 1 aromatic heterocycles. The Morgan fingerprint density at radius 2 is 1.96 bits per heavy atom. The van der Waals surface area contributed by atoms with E-state index in [1.165, 1.54) is 17.6 Å². The van der Waals surface area contributed by atoms with Crippen molar-refractivity contribution in [2.45, 2.75) is 70.9 Å². The third kappa shape index (κ3) is 4.36. The Kier molecular flexibility index (Phi) is 5.50. The molecule has 1 aromatic rings. The van der Waals surface area contributed by atoms with Gasteiger partial charge in [0.2, 0.25) is 5.78 Å². The fourth-order valence-corrected chi connectivity index (χ4v) is 3.54. The van der Waals surface area contributed by atoms with Gasteiger partial charge in [0.25, 0.3) is 0 Å². The summed E-state index contributed by atoms with van der Waals surface area (Å²) in [5.41, 5.74) is -0.645. The molecule has 5 heteroatoms. The van der Waals surface area contributed by atoms with Gasteiger partial charge in [-0.1, -0.05) is 32.1 Å². The molecular weight excluding hydrogens is 294 g/mol. The standard InChI is InChI=1S/C18H27NO4/c1-18(2,3)19(17(21)22)14(12-13-8-5-4-6-9-13)16(20)15-10-7-11-23-15/h7,10-11,13-14H,4-6,8-9,12H2,1-3H3,(H,21,22). The quantitative estimate of drug-likeness (QED) is 0.806. The molecule has 128 valence electrons. The number of hydrogen-bond acceptors (Lipinski definition) is 3. The van der Waals surface area contributed by atoms with Gasteiger partial charge in [0.1, 0.15) is 6.04 Å². The molecule has 0 radical (unpaired) electrons.